The minimum Gasteiger partial charge on any atom is -0.475 e. The molecule has 0 spiro atoms. The number of aromatic nitrogens is 2. The molecule has 2 aromatic rings. The van der Waals surface area contributed by atoms with Crippen LogP contribution in [-0.2, 0) is 21.7 Å². The SMILES string of the molecule is NC(Cc1ccc(C2(C(F)(F)F)N=N2)cc1)C(=O)Nc1cnc(C2CCCCC2)nc1.O=C(O)C(F)(F)F. The molecule has 1 atom stereocenters. The van der Waals surface area contributed by atoms with Crippen LogP contribution in [0, 0.1) is 0 Å². The molecular weight excluding hydrogens is 522 g/mol. The number of alkyl halides is 6. The van der Waals surface area contributed by atoms with Crippen molar-refractivity contribution in [2.75, 3.05) is 5.32 Å². The fraction of sp³-hybridized carbons (Fsp3) is 0.478. The molecular formula is C23H24F6N6O3. The van der Waals surface area contributed by atoms with Crippen LogP contribution < -0.4 is 11.1 Å². The fourth-order valence-corrected chi connectivity index (χ4v) is 3.87. The van der Waals surface area contributed by atoms with Crippen molar-refractivity contribution in [3.8, 4) is 0 Å². The van der Waals surface area contributed by atoms with Crippen molar-refractivity contribution in [1.82, 2.24) is 9.97 Å². The van der Waals surface area contributed by atoms with Crippen molar-refractivity contribution in [1.29, 1.82) is 0 Å². The van der Waals surface area contributed by atoms with Gasteiger partial charge in [-0.25, -0.2) is 14.8 Å². The van der Waals surface area contributed by atoms with Crippen LogP contribution >= 0.6 is 0 Å². The van der Waals surface area contributed by atoms with E-state index < -0.39 is 35.9 Å². The number of carbonyl (C=O) groups excluding carboxylic acids is 1. The highest BCUT2D eigenvalue weighted by atomic mass is 19.4. The Morgan fingerprint density at radius 2 is 1.53 bits per heavy atom. The van der Waals surface area contributed by atoms with Gasteiger partial charge in [-0.2, -0.15) is 26.3 Å². The Morgan fingerprint density at radius 3 is 1.97 bits per heavy atom. The van der Waals surface area contributed by atoms with E-state index in [4.69, 9.17) is 15.6 Å². The number of carboxylic acids is 1. The Balaban J connectivity index is 0.000000505. The van der Waals surface area contributed by atoms with Crippen molar-refractivity contribution in [3.63, 3.8) is 0 Å². The van der Waals surface area contributed by atoms with Crippen molar-refractivity contribution < 1.29 is 41.0 Å². The van der Waals surface area contributed by atoms with Crippen molar-refractivity contribution in [3.05, 3.63) is 53.6 Å². The molecule has 38 heavy (non-hydrogen) atoms. The average molecular weight is 546 g/mol. The summed E-state index contributed by atoms with van der Waals surface area (Å²) < 4.78 is 70.9. The molecule has 206 valence electrons. The highest BCUT2D eigenvalue weighted by Gasteiger charge is 2.65. The van der Waals surface area contributed by atoms with Crippen molar-refractivity contribution in [2.45, 2.75) is 68.5 Å². The number of anilines is 1. The van der Waals surface area contributed by atoms with Crippen molar-refractivity contribution >= 4 is 17.6 Å². The molecule has 0 radical (unpaired) electrons. The number of halogens is 6. The number of benzene rings is 1. The third-order valence-corrected chi connectivity index (χ3v) is 6.00. The molecule has 1 saturated carbocycles. The summed E-state index contributed by atoms with van der Waals surface area (Å²) in [6, 6.07) is 4.75. The summed E-state index contributed by atoms with van der Waals surface area (Å²) in [6.45, 7) is 0. The smallest absolute Gasteiger partial charge is 0.475 e. The average Bonchev–Trinajstić information content (AvgIpc) is 3.68. The van der Waals surface area contributed by atoms with Gasteiger partial charge in [-0.05, 0) is 24.8 Å². The van der Waals surface area contributed by atoms with Crippen LogP contribution in [0.5, 0.6) is 0 Å². The molecule has 4 N–H and O–H groups in total. The van der Waals surface area contributed by atoms with Crippen LogP contribution in [-0.4, -0.2) is 45.3 Å². The molecule has 2 aliphatic rings. The molecule has 15 heteroatoms. The van der Waals surface area contributed by atoms with E-state index in [0.29, 0.717) is 17.2 Å². The van der Waals surface area contributed by atoms with E-state index in [-0.39, 0.29) is 12.0 Å². The standard InChI is InChI=1S/C21H23F3N6O.C2HF3O2/c22-21(23,24)20(29-30-20)15-8-6-13(7-9-15)10-17(25)19(31)28-16-11-26-18(27-12-16)14-4-2-1-3-5-14;3-2(4,5)1(6)7/h6-9,11-12,14,17H,1-5,10,25H2,(H,28,31);(H,6,7). The number of hydrogen-bond donors (Lipinski definition) is 3. The molecule has 1 unspecified atom stereocenters. The molecule has 9 nitrogen and oxygen atoms in total. The number of rotatable bonds is 6. The highest BCUT2D eigenvalue weighted by molar-refractivity contribution is 5.94. The van der Waals surface area contributed by atoms with Gasteiger partial charge in [0.25, 0.3) is 0 Å². The van der Waals surface area contributed by atoms with Gasteiger partial charge < -0.3 is 16.2 Å². The lowest BCUT2D eigenvalue weighted by molar-refractivity contribution is -0.192. The molecule has 1 aliphatic carbocycles. The number of amides is 1. The minimum atomic E-state index is -5.08. The number of carboxylic acid groups (broad SMARTS) is 1. The topological polar surface area (TPSA) is 143 Å². The second-order valence-electron chi connectivity index (χ2n) is 8.83. The van der Waals surface area contributed by atoms with Crippen LogP contribution in [0.2, 0.25) is 0 Å². The molecule has 1 aromatic heterocycles. The molecule has 1 fully saturated rings. The molecule has 1 aliphatic heterocycles. The third-order valence-electron chi connectivity index (χ3n) is 6.00. The quantitative estimate of drug-likeness (QED) is 0.442. The summed E-state index contributed by atoms with van der Waals surface area (Å²) in [5.41, 5.74) is 4.56. The van der Waals surface area contributed by atoms with Gasteiger partial charge in [0.2, 0.25) is 5.91 Å². The van der Waals surface area contributed by atoms with E-state index in [9.17, 15) is 31.1 Å². The summed E-state index contributed by atoms with van der Waals surface area (Å²) in [5.74, 6) is -2.01. The van der Waals surface area contributed by atoms with Crippen LogP contribution in [0.1, 0.15) is 55.0 Å². The summed E-state index contributed by atoms with van der Waals surface area (Å²) in [6.07, 6.45) is -0.542. The zero-order chi connectivity index (χ0) is 28.1. The minimum absolute atomic E-state index is 0.0584. The lowest BCUT2D eigenvalue weighted by Gasteiger charge is -2.20. The Morgan fingerprint density at radius 1 is 1.00 bits per heavy atom. The van der Waals surface area contributed by atoms with Crippen LogP contribution in [0.4, 0.5) is 32.0 Å². The van der Waals surface area contributed by atoms with Gasteiger partial charge in [0.15, 0.2) is 0 Å². The number of nitrogens with one attached hydrogen (secondary N) is 1. The van der Waals surface area contributed by atoms with E-state index in [2.05, 4.69) is 25.5 Å². The molecule has 2 heterocycles. The van der Waals surface area contributed by atoms with E-state index in [0.717, 1.165) is 18.7 Å². The zero-order valence-corrected chi connectivity index (χ0v) is 19.8. The lowest BCUT2D eigenvalue weighted by Crippen LogP contribution is -2.37. The van der Waals surface area contributed by atoms with E-state index >= 15 is 0 Å². The summed E-state index contributed by atoms with van der Waals surface area (Å²) >= 11 is 0. The van der Waals surface area contributed by atoms with E-state index in [1.165, 1.54) is 43.5 Å². The summed E-state index contributed by atoms with van der Waals surface area (Å²) in [7, 11) is 0. The molecule has 4 rings (SSSR count). The van der Waals surface area contributed by atoms with Gasteiger partial charge >= 0.3 is 24.0 Å². The van der Waals surface area contributed by atoms with Crippen LogP contribution in [0.15, 0.2) is 46.9 Å². The van der Waals surface area contributed by atoms with E-state index in [1.54, 1.807) is 12.4 Å². The highest BCUT2D eigenvalue weighted by Crippen LogP contribution is 2.52. The molecule has 0 bridgehead atoms. The predicted octanol–water partition coefficient (Wildman–Crippen LogP) is 4.85. The van der Waals surface area contributed by atoms with Crippen LogP contribution in [0.3, 0.4) is 0 Å². The lowest BCUT2D eigenvalue weighted by atomic mass is 9.89. The first kappa shape index (κ1) is 28.9. The van der Waals surface area contributed by atoms with E-state index in [1.807, 2.05) is 0 Å². The van der Waals surface area contributed by atoms with Gasteiger partial charge in [0, 0.05) is 11.5 Å². The third kappa shape index (κ3) is 7.24. The van der Waals surface area contributed by atoms with Gasteiger partial charge in [-0.15, -0.1) is 10.2 Å². The van der Waals surface area contributed by atoms with Gasteiger partial charge in [0.1, 0.15) is 5.82 Å². The molecule has 1 aromatic carbocycles. The number of nitrogens with two attached hydrogens (primary N) is 1. The first-order chi connectivity index (χ1) is 17.7. The van der Waals surface area contributed by atoms with Gasteiger partial charge in [-0.1, -0.05) is 43.5 Å². The Hall–Kier alpha value is -3.62. The maximum atomic E-state index is 13.1. The number of hydrogen-bond acceptors (Lipinski definition) is 7. The normalized spacial score (nSPS) is 17.7. The van der Waals surface area contributed by atoms with Crippen molar-refractivity contribution in [2.24, 2.45) is 16.0 Å². The predicted molar refractivity (Wildman–Crippen MR) is 121 cm³/mol. The second kappa shape index (κ2) is 11.4. The Labute approximate surface area is 212 Å². The maximum absolute atomic E-state index is 13.1. The van der Waals surface area contributed by atoms with Gasteiger partial charge in [0.05, 0.1) is 24.1 Å². The monoisotopic (exact) mass is 546 g/mol. The maximum Gasteiger partial charge on any atom is 0.490 e. The summed E-state index contributed by atoms with van der Waals surface area (Å²) in [5, 5.41) is 16.2. The zero-order valence-electron chi connectivity index (χ0n) is 19.8. The first-order valence-corrected chi connectivity index (χ1v) is 11.5. The largest absolute Gasteiger partial charge is 0.490 e. The molecule has 0 saturated heterocycles. The molecule has 1 amide bonds. The van der Waals surface area contributed by atoms with Gasteiger partial charge in [-0.3, -0.25) is 4.79 Å². The summed E-state index contributed by atoms with van der Waals surface area (Å²) in [4.78, 5) is 30.1. The second-order valence-corrected chi connectivity index (χ2v) is 8.83. The Bertz CT molecular complexity index is 1140. The number of nitrogens with zero attached hydrogens (tertiary/aromatic N) is 4. The fourth-order valence-electron chi connectivity index (χ4n) is 3.87. The Kier molecular flexibility index (Phi) is 8.69. The number of aliphatic carboxylic acids is 1. The first-order valence-electron chi connectivity index (χ1n) is 11.5. The van der Waals surface area contributed by atoms with Crippen LogP contribution in [0.25, 0.3) is 0 Å². The number of carbonyl (C=O) groups is 2.